The van der Waals surface area contributed by atoms with Gasteiger partial charge in [-0.25, -0.2) is 9.18 Å². The fourth-order valence-electron chi connectivity index (χ4n) is 2.51. The van der Waals surface area contributed by atoms with Gasteiger partial charge in [0.15, 0.2) is 6.10 Å². The first kappa shape index (κ1) is 21.0. The molecule has 7 N–H and O–H groups in total. The zero-order valence-corrected chi connectivity index (χ0v) is 14.1. The normalized spacial score (nSPS) is 27.8. The van der Waals surface area contributed by atoms with E-state index >= 15 is 0 Å². The standard InChI is InChI=1S/C16H21FN2O8/c17-6-7-5-8(19-10(20)3-4-18)1-2-9(7)26-16-13(23)11(21)12(22)14(27-16)15(24)25/h1-2,5,11-14,16,21-23H,3-4,6,18H2,(H,19,20)(H,24,25). The Morgan fingerprint density at radius 2 is 1.93 bits per heavy atom. The summed E-state index contributed by atoms with van der Waals surface area (Å²) in [5.41, 5.74) is 5.55. The van der Waals surface area contributed by atoms with Gasteiger partial charge in [-0.15, -0.1) is 0 Å². The van der Waals surface area contributed by atoms with Crippen LogP contribution in [0.3, 0.4) is 0 Å². The number of nitrogens with one attached hydrogen (secondary N) is 1. The van der Waals surface area contributed by atoms with Crippen LogP contribution in [-0.2, 0) is 21.0 Å². The summed E-state index contributed by atoms with van der Waals surface area (Å²) in [5.74, 6) is -2.01. The number of benzene rings is 1. The van der Waals surface area contributed by atoms with Crippen molar-refractivity contribution < 1.29 is 43.9 Å². The Labute approximate surface area is 153 Å². The van der Waals surface area contributed by atoms with E-state index in [1.54, 1.807) is 0 Å². The first-order valence-corrected chi connectivity index (χ1v) is 8.06. The van der Waals surface area contributed by atoms with Gasteiger partial charge in [-0.2, -0.15) is 0 Å². The van der Waals surface area contributed by atoms with Crippen molar-refractivity contribution in [3.63, 3.8) is 0 Å². The monoisotopic (exact) mass is 388 g/mol. The Morgan fingerprint density at radius 3 is 2.52 bits per heavy atom. The van der Waals surface area contributed by atoms with E-state index in [2.05, 4.69) is 5.32 Å². The minimum Gasteiger partial charge on any atom is -0.479 e. The summed E-state index contributed by atoms with van der Waals surface area (Å²) in [7, 11) is 0. The molecule has 1 saturated heterocycles. The summed E-state index contributed by atoms with van der Waals surface area (Å²) in [6.45, 7) is -0.842. The number of hydrogen-bond donors (Lipinski definition) is 6. The first-order chi connectivity index (χ1) is 12.8. The molecule has 1 aromatic rings. The largest absolute Gasteiger partial charge is 0.479 e. The van der Waals surface area contributed by atoms with Gasteiger partial charge < -0.3 is 41.0 Å². The number of carbonyl (C=O) groups is 2. The molecule has 0 aliphatic carbocycles. The van der Waals surface area contributed by atoms with Gasteiger partial charge in [0.05, 0.1) is 0 Å². The molecule has 150 valence electrons. The zero-order chi connectivity index (χ0) is 20.1. The molecule has 1 fully saturated rings. The molecule has 2 rings (SSSR count). The summed E-state index contributed by atoms with van der Waals surface area (Å²) < 4.78 is 23.6. The van der Waals surface area contributed by atoms with Gasteiger partial charge in [-0.05, 0) is 18.2 Å². The van der Waals surface area contributed by atoms with Crippen LogP contribution in [0.4, 0.5) is 10.1 Å². The van der Waals surface area contributed by atoms with Gasteiger partial charge in [-0.1, -0.05) is 0 Å². The molecule has 11 heteroatoms. The summed E-state index contributed by atoms with van der Waals surface area (Å²) in [6, 6.07) is 3.98. The number of amides is 1. The summed E-state index contributed by atoms with van der Waals surface area (Å²) in [6.07, 6.45) is -8.88. The highest BCUT2D eigenvalue weighted by atomic mass is 19.1. The molecule has 1 heterocycles. The molecule has 0 bridgehead atoms. The molecule has 0 aromatic heterocycles. The van der Waals surface area contributed by atoms with E-state index < -0.39 is 43.3 Å². The molecule has 5 unspecified atom stereocenters. The van der Waals surface area contributed by atoms with Crippen molar-refractivity contribution in [2.24, 2.45) is 5.73 Å². The van der Waals surface area contributed by atoms with Crippen molar-refractivity contribution in [1.29, 1.82) is 0 Å². The maximum atomic E-state index is 13.3. The molecule has 5 atom stereocenters. The van der Waals surface area contributed by atoms with Crippen LogP contribution < -0.4 is 15.8 Å². The minimum absolute atomic E-state index is 0.0103. The smallest absolute Gasteiger partial charge is 0.335 e. The Morgan fingerprint density at radius 1 is 1.22 bits per heavy atom. The molecule has 27 heavy (non-hydrogen) atoms. The molecule has 1 aliphatic rings. The summed E-state index contributed by atoms with van der Waals surface area (Å²) in [4.78, 5) is 22.6. The number of carbonyl (C=O) groups excluding carboxylic acids is 1. The lowest BCUT2D eigenvalue weighted by Gasteiger charge is -2.38. The maximum absolute atomic E-state index is 13.3. The van der Waals surface area contributed by atoms with E-state index in [9.17, 15) is 29.3 Å². The second-order valence-corrected chi connectivity index (χ2v) is 5.90. The molecule has 0 spiro atoms. The van der Waals surface area contributed by atoms with Crippen molar-refractivity contribution in [3.8, 4) is 5.75 Å². The number of aliphatic carboxylic acids is 1. The Hall–Kier alpha value is -2.31. The molecule has 0 saturated carbocycles. The van der Waals surface area contributed by atoms with Crippen molar-refractivity contribution in [2.75, 3.05) is 11.9 Å². The molecular formula is C16H21FN2O8. The van der Waals surface area contributed by atoms with E-state index in [0.717, 1.165) is 0 Å². The van der Waals surface area contributed by atoms with Crippen LogP contribution in [0, 0.1) is 0 Å². The molecule has 0 radical (unpaired) electrons. The highest BCUT2D eigenvalue weighted by Gasteiger charge is 2.48. The van der Waals surface area contributed by atoms with Gasteiger partial charge in [0.1, 0.15) is 30.7 Å². The third kappa shape index (κ3) is 4.90. The average Bonchev–Trinajstić information content (AvgIpc) is 2.63. The Kier molecular flexibility index (Phi) is 7.05. The van der Waals surface area contributed by atoms with Gasteiger partial charge in [-0.3, -0.25) is 4.79 Å². The number of ether oxygens (including phenoxy) is 2. The fraction of sp³-hybridized carbons (Fsp3) is 0.500. The molecule has 1 aromatic carbocycles. The van der Waals surface area contributed by atoms with Crippen molar-refractivity contribution in [3.05, 3.63) is 23.8 Å². The van der Waals surface area contributed by atoms with Gasteiger partial charge in [0.25, 0.3) is 0 Å². The van der Waals surface area contributed by atoms with Crippen LogP contribution in [-0.4, -0.2) is 69.6 Å². The lowest BCUT2D eigenvalue weighted by atomic mass is 9.99. The Balaban J connectivity index is 2.17. The SMILES string of the molecule is NCCC(=O)Nc1ccc(OC2OC(C(=O)O)C(O)C(O)C2O)c(CF)c1. The second kappa shape index (κ2) is 9.06. The van der Waals surface area contributed by atoms with E-state index in [1.165, 1.54) is 18.2 Å². The number of carboxylic acids is 1. The average molecular weight is 388 g/mol. The molecule has 10 nitrogen and oxygen atoms in total. The number of aliphatic hydroxyl groups excluding tert-OH is 3. The highest BCUT2D eigenvalue weighted by Crippen LogP contribution is 2.29. The van der Waals surface area contributed by atoms with Crippen LogP contribution in [0.1, 0.15) is 12.0 Å². The van der Waals surface area contributed by atoms with Crippen molar-refractivity contribution >= 4 is 17.6 Å². The number of halogens is 1. The molecule has 1 amide bonds. The van der Waals surface area contributed by atoms with Crippen LogP contribution in [0.2, 0.25) is 0 Å². The predicted octanol–water partition coefficient (Wildman–Crippen LogP) is -1.29. The molecular weight excluding hydrogens is 367 g/mol. The lowest BCUT2D eigenvalue weighted by molar-refractivity contribution is -0.271. The van der Waals surface area contributed by atoms with Crippen molar-refractivity contribution in [1.82, 2.24) is 0 Å². The van der Waals surface area contributed by atoms with Crippen LogP contribution in [0.15, 0.2) is 18.2 Å². The number of rotatable bonds is 7. The quantitative estimate of drug-likeness (QED) is 0.332. The lowest BCUT2D eigenvalue weighted by Crippen LogP contribution is -2.61. The first-order valence-electron chi connectivity index (χ1n) is 8.06. The van der Waals surface area contributed by atoms with E-state index in [0.29, 0.717) is 0 Å². The minimum atomic E-state index is -1.86. The number of carboxylic acid groups (broad SMARTS) is 1. The topological polar surface area (TPSA) is 172 Å². The second-order valence-electron chi connectivity index (χ2n) is 5.90. The van der Waals surface area contributed by atoms with Crippen LogP contribution >= 0.6 is 0 Å². The Bertz CT molecular complexity index is 688. The fourth-order valence-corrected chi connectivity index (χ4v) is 2.51. The molecule has 1 aliphatic heterocycles. The van der Waals surface area contributed by atoms with E-state index in [1.807, 2.05) is 0 Å². The van der Waals surface area contributed by atoms with Crippen molar-refractivity contribution in [2.45, 2.75) is 43.8 Å². The number of aliphatic hydroxyl groups is 3. The number of alkyl halides is 1. The number of hydrogen-bond acceptors (Lipinski definition) is 8. The summed E-state index contributed by atoms with van der Waals surface area (Å²) in [5, 5.41) is 40.9. The third-order valence-corrected chi connectivity index (χ3v) is 3.92. The number of nitrogens with two attached hydrogens (primary N) is 1. The zero-order valence-electron chi connectivity index (χ0n) is 14.1. The van der Waals surface area contributed by atoms with E-state index in [-0.39, 0.29) is 35.9 Å². The van der Waals surface area contributed by atoms with Gasteiger partial charge >= 0.3 is 5.97 Å². The number of anilines is 1. The predicted molar refractivity (Wildman–Crippen MR) is 88.5 cm³/mol. The van der Waals surface area contributed by atoms with E-state index in [4.69, 9.17) is 20.3 Å². The third-order valence-electron chi connectivity index (χ3n) is 3.92. The highest BCUT2D eigenvalue weighted by molar-refractivity contribution is 5.91. The maximum Gasteiger partial charge on any atom is 0.335 e. The van der Waals surface area contributed by atoms with Gasteiger partial charge in [0.2, 0.25) is 12.2 Å². The van der Waals surface area contributed by atoms with Crippen LogP contribution in [0.5, 0.6) is 5.75 Å². The van der Waals surface area contributed by atoms with Gasteiger partial charge in [0, 0.05) is 24.2 Å². The summed E-state index contributed by atoms with van der Waals surface area (Å²) >= 11 is 0. The van der Waals surface area contributed by atoms with Crippen LogP contribution in [0.25, 0.3) is 0 Å².